The molecule has 0 N–H and O–H groups in total. The van der Waals surface area contributed by atoms with E-state index < -0.39 is 8.07 Å². The molecule has 6 aromatic carbocycles. The van der Waals surface area contributed by atoms with E-state index in [4.69, 9.17) is 4.42 Å². The Morgan fingerprint density at radius 1 is 0.366 bits per heavy atom. The van der Waals surface area contributed by atoms with Crippen molar-refractivity contribution < 1.29 is 4.42 Å². The first-order valence-corrected chi connectivity index (χ1v) is 17.8. The Morgan fingerprint density at radius 2 is 0.829 bits per heavy atom. The molecule has 41 heavy (non-hydrogen) atoms. The predicted molar refractivity (Wildman–Crippen MR) is 178 cm³/mol. The molecule has 1 heterocycles. The number of rotatable bonds is 5. The van der Waals surface area contributed by atoms with Crippen LogP contribution in [0.25, 0.3) is 66.4 Å². The molecule has 1 nitrogen and oxygen atoms in total. The van der Waals surface area contributed by atoms with Gasteiger partial charge in [0.05, 0.1) is 8.07 Å². The molecule has 2 heteroatoms. The smallest absolute Gasteiger partial charge is 0.135 e. The summed E-state index contributed by atoms with van der Waals surface area (Å²) in [7, 11) is -1.34. The van der Waals surface area contributed by atoms with E-state index in [1.807, 2.05) is 12.1 Å². The van der Waals surface area contributed by atoms with Crippen molar-refractivity contribution in [2.75, 3.05) is 0 Å². The van der Waals surface area contributed by atoms with Crippen molar-refractivity contribution in [3.63, 3.8) is 0 Å². The summed E-state index contributed by atoms with van der Waals surface area (Å²) in [5.41, 5.74) is 11.7. The van der Waals surface area contributed by atoms with E-state index in [-0.39, 0.29) is 0 Å². The van der Waals surface area contributed by atoms with E-state index in [1.54, 1.807) is 0 Å². The predicted octanol–water partition coefficient (Wildman–Crippen LogP) is 10.8. The van der Waals surface area contributed by atoms with Crippen LogP contribution in [0.5, 0.6) is 0 Å². The first-order valence-electron chi connectivity index (χ1n) is 14.3. The van der Waals surface area contributed by atoms with E-state index in [1.165, 1.54) is 49.7 Å². The summed E-state index contributed by atoms with van der Waals surface area (Å²) in [5.74, 6) is 0. The molecule has 0 aliphatic heterocycles. The van der Waals surface area contributed by atoms with Gasteiger partial charge < -0.3 is 4.42 Å². The average molecular weight is 545 g/mol. The Morgan fingerprint density at radius 3 is 1.41 bits per heavy atom. The lowest BCUT2D eigenvalue weighted by atomic mass is 9.96. The quantitative estimate of drug-likeness (QED) is 0.196. The summed E-state index contributed by atoms with van der Waals surface area (Å²) in [6.45, 7) is 7.20. The monoisotopic (exact) mass is 544 g/mol. The molecule has 0 amide bonds. The maximum Gasteiger partial charge on any atom is 0.135 e. The van der Waals surface area contributed by atoms with Crippen LogP contribution in [0, 0.1) is 0 Å². The van der Waals surface area contributed by atoms with Crippen molar-refractivity contribution in [3.8, 4) is 44.5 Å². The van der Waals surface area contributed by atoms with Crippen molar-refractivity contribution in [2.45, 2.75) is 19.6 Å². The van der Waals surface area contributed by atoms with E-state index >= 15 is 0 Å². The lowest BCUT2D eigenvalue weighted by Crippen LogP contribution is -2.37. The zero-order valence-electron chi connectivity index (χ0n) is 23.7. The van der Waals surface area contributed by atoms with Gasteiger partial charge in [0.25, 0.3) is 0 Å². The molecular weight excluding hydrogens is 513 g/mol. The van der Waals surface area contributed by atoms with Crippen LogP contribution in [0.1, 0.15) is 0 Å². The van der Waals surface area contributed by atoms with Gasteiger partial charge in [0.2, 0.25) is 0 Å². The van der Waals surface area contributed by atoms with Crippen LogP contribution in [0.4, 0.5) is 0 Å². The number of benzene rings is 6. The van der Waals surface area contributed by atoms with E-state index in [0.29, 0.717) is 0 Å². The summed E-state index contributed by atoms with van der Waals surface area (Å²) in [4.78, 5) is 0. The average Bonchev–Trinajstić information content (AvgIpc) is 3.39. The second-order valence-electron chi connectivity index (χ2n) is 11.9. The molecule has 0 atom stereocenters. The summed E-state index contributed by atoms with van der Waals surface area (Å²) in [6, 6.07) is 50.5. The third-order valence-corrected chi connectivity index (χ3v) is 10.1. The minimum atomic E-state index is -1.34. The Labute approximate surface area is 242 Å². The number of hydrogen-bond acceptors (Lipinski definition) is 1. The molecule has 0 aliphatic rings. The number of para-hydroxylation sites is 1. The van der Waals surface area contributed by atoms with Gasteiger partial charge in [0.1, 0.15) is 11.2 Å². The molecule has 198 valence electrons. The van der Waals surface area contributed by atoms with E-state index in [0.717, 1.165) is 21.9 Å². The first kappa shape index (κ1) is 25.3. The molecule has 0 bridgehead atoms. The number of hydrogen-bond donors (Lipinski definition) is 0. The minimum absolute atomic E-state index is 0.927. The maximum absolute atomic E-state index is 6.02. The Kier molecular flexibility index (Phi) is 6.21. The minimum Gasteiger partial charge on any atom is -0.456 e. The Hall–Kier alpha value is -4.66. The molecule has 0 radical (unpaired) electrons. The van der Waals surface area contributed by atoms with Crippen molar-refractivity contribution in [3.05, 3.63) is 140 Å². The SMILES string of the molecule is C[Si](C)(C)c1cccc(-c2ccc(-c3cccc(-c4ccc(-c5ccc6oc7ccccc7c6c5)cc4)c3)cc2)c1. The van der Waals surface area contributed by atoms with Crippen molar-refractivity contribution in [2.24, 2.45) is 0 Å². The number of fused-ring (bicyclic) bond motifs is 3. The molecule has 1 aromatic heterocycles. The summed E-state index contributed by atoms with van der Waals surface area (Å²) in [5, 5.41) is 3.81. The van der Waals surface area contributed by atoms with Crippen LogP contribution in [0.2, 0.25) is 19.6 Å². The topological polar surface area (TPSA) is 13.1 Å². The van der Waals surface area contributed by atoms with E-state index in [9.17, 15) is 0 Å². The van der Waals surface area contributed by atoms with E-state index in [2.05, 4.69) is 147 Å². The van der Waals surface area contributed by atoms with Gasteiger partial charge >= 0.3 is 0 Å². The van der Waals surface area contributed by atoms with Gasteiger partial charge in [-0.15, -0.1) is 0 Å². The largest absolute Gasteiger partial charge is 0.456 e. The summed E-state index contributed by atoms with van der Waals surface area (Å²) < 4.78 is 6.02. The van der Waals surface area contributed by atoms with Crippen molar-refractivity contribution in [1.82, 2.24) is 0 Å². The second-order valence-corrected chi connectivity index (χ2v) is 17.0. The van der Waals surface area contributed by atoms with Crippen LogP contribution in [0.3, 0.4) is 0 Å². The van der Waals surface area contributed by atoms with Gasteiger partial charge in [-0.05, 0) is 68.8 Å². The molecule has 0 unspecified atom stereocenters. The van der Waals surface area contributed by atoms with Crippen LogP contribution in [-0.2, 0) is 0 Å². The Balaban J connectivity index is 1.15. The van der Waals surface area contributed by atoms with Crippen LogP contribution >= 0.6 is 0 Å². The molecule has 0 spiro atoms. The van der Waals surface area contributed by atoms with Crippen LogP contribution in [0.15, 0.2) is 144 Å². The Bertz CT molecular complexity index is 2010. The third kappa shape index (κ3) is 4.92. The third-order valence-electron chi connectivity index (χ3n) is 8.07. The molecular formula is C39H32OSi. The number of furan rings is 1. The second kappa shape index (κ2) is 10.1. The van der Waals surface area contributed by atoms with Crippen molar-refractivity contribution >= 4 is 35.2 Å². The normalized spacial score (nSPS) is 11.8. The zero-order valence-corrected chi connectivity index (χ0v) is 24.7. The summed E-state index contributed by atoms with van der Waals surface area (Å²) >= 11 is 0. The van der Waals surface area contributed by atoms with Gasteiger partial charge in [-0.3, -0.25) is 0 Å². The zero-order chi connectivity index (χ0) is 28.0. The van der Waals surface area contributed by atoms with Crippen LogP contribution < -0.4 is 5.19 Å². The first-order chi connectivity index (χ1) is 19.9. The van der Waals surface area contributed by atoms with Gasteiger partial charge in [-0.2, -0.15) is 0 Å². The van der Waals surface area contributed by atoms with Crippen molar-refractivity contribution in [1.29, 1.82) is 0 Å². The fourth-order valence-corrected chi connectivity index (χ4v) is 6.84. The highest BCUT2D eigenvalue weighted by Gasteiger charge is 2.16. The lowest BCUT2D eigenvalue weighted by molar-refractivity contribution is 0.669. The van der Waals surface area contributed by atoms with Crippen LogP contribution in [-0.4, -0.2) is 8.07 Å². The maximum atomic E-state index is 6.02. The fraction of sp³-hybridized carbons (Fsp3) is 0.0769. The van der Waals surface area contributed by atoms with Gasteiger partial charge in [0.15, 0.2) is 0 Å². The molecule has 0 saturated heterocycles. The molecule has 0 aliphatic carbocycles. The van der Waals surface area contributed by atoms with Gasteiger partial charge in [-0.25, -0.2) is 0 Å². The standard InChI is InChI=1S/C39H32OSi/c1-41(2,3)35-11-7-10-33(25-35)29-18-14-27(15-19-29)31-8-6-9-32(24-31)28-16-20-30(21-17-28)34-22-23-39-37(26-34)36-12-4-5-13-38(36)40-39/h4-26H,1-3H3. The summed E-state index contributed by atoms with van der Waals surface area (Å²) in [6.07, 6.45) is 0. The molecule has 0 saturated carbocycles. The molecule has 7 aromatic rings. The molecule has 7 rings (SSSR count). The highest BCUT2D eigenvalue weighted by atomic mass is 28.3. The molecule has 0 fully saturated rings. The van der Waals surface area contributed by atoms with Gasteiger partial charge in [-0.1, -0.05) is 140 Å². The highest BCUT2D eigenvalue weighted by Crippen LogP contribution is 2.34. The highest BCUT2D eigenvalue weighted by molar-refractivity contribution is 6.88. The lowest BCUT2D eigenvalue weighted by Gasteiger charge is -2.17. The fourth-order valence-electron chi connectivity index (χ4n) is 5.66. The van der Waals surface area contributed by atoms with Gasteiger partial charge in [0, 0.05) is 10.8 Å².